The lowest BCUT2D eigenvalue weighted by molar-refractivity contribution is -0.119. The van der Waals surface area contributed by atoms with E-state index in [0.29, 0.717) is 28.9 Å². The fourth-order valence-electron chi connectivity index (χ4n) is 1.97. The molecule has 1 aromatic carbocycles. The zero-order valence-electron chi connectivity index (χ0n) is 14.5. The summed E-state index contributed by atoms with van der Waals surface area (Å²) in [6.45, 7) is 2.08. The quantitative estimate of drug-likeness (QED) is 0.709. The highest BCUT2D eigenvalue weighted by atomic mass is 35.5. The maximum Gasteiger partial charge on any atom is 0.338 e. The van der Waals surface area contributed by atoms with Crippen molar-refractivity contribution in [2.24, 2.45) is 0 Å². The summed E-state index contributed by atoms with van der Waals surface area (Å²) in [5.74, 6) is 0.113. The minimum Gasteiger partial charge on any atom is -0.493 e. The molecule has 0 fully saturated rings. The van der Waals surface area contributed by atoms with Gasteiger partial charge in [0.25, 0.3) is 5.91 Å². The number of anilines is 1. The van der Waals surface area contributed by atoms with Gasteiger partial charge in [-0.2, -0.15) is 0 Å². The van der Waals surface area contributed by atoms with Crippen LogP contribution in [0.1, 0.15) is 23.7 Å². The van der Waals surface area contributed by atoms with Gasteiger partial charge in [0.05, 0.1) is 24.3 Å². The summed E-state index contributed by atoms with van der Waals surface area (Å²) in [5.41, 5.74) is 0.253. The first-order chi connectivity index (χ1) is 12.5. The number of pyridine rings is 1. The van der Waals surface area contributed by atoms with Crippen molar-refractivity contribution in [3.63, 3.8) is 0 Å². The lowest BCUT2D eigenvalue weighted by Gasteiger charge is -2.11. The number of nitrogens with one attached hydrogen (secondary N) is 1. The van der Waals surface area contributed by atoms with Crippen molar-refractivity contribution < 1.29 is 23.8 Å². The molecule has 1 aromatic heterocycles. The molecule has 0 atom stereocenters. The molecule has 0 radical (unpaired) electrons. The monoisotopic (exact) mass is 378 g/mol. The van der Waals surface area contributed by atoms with Crippen molar-refractivity contribution in [2.75, 3.05) is 25.6 Å². The van der Waals surface area contributed by atoms with Gasteiger partial charge in [-0.05, 0) is 36.8 Å². The molecule has 0 spiro atoms. The number of aromatic nitrogens is 1. The van der Waals surface area contributed by atoms with Crippen LogP contribution in [0.25, 0.3) is 0 Å². The molecule has 0 unspecified atom stereocenters. The number of hydrogen-bond donors (Lipinski definition) is 1. The van der Waals surface area contributed by atoms with Crippen LogP contribution in [0.4, 0.5) is 5.82 Å². The summed E-state index contributed by atoms with van der Waals surface area (Å²) in [7, 11) is 1.48. The van der Waals surface area contributed by atoms with E-state index < -0.39 is 18.5 Å². The molecule has 1 heterocycles. The Morgan fingerprint density at radius 1 is 1.19 bits per heavy atom. The molecule has 0 bridgehead atoms. The average Bonchev–Trinajstić information content (AvgIpc) is 2.66. The summed E-state index contributed by atoms with van der Waals surface area (Å²) < 4.78 is 15.7. The second kappa shape index (κ2) is 9.62. The maximum atomic E-state index is 12.1. The van der Waals surface area contributed by atoms with Crippen LogP contribution in [0.2, 0.25) is 5.02 Å². The molecule has 0 saturated heterocycles. The van der Waals surface area contributed by atoms with Gasteiger partial charge >= 0.3 is 5.97 Å². The van der Waals surface area contributed by atoms with E-state index in [1.807, 2.05) is 6.92 Å². The molecule has 0 saturated carbocycles. The predicted molar refractivity (Wildman–Crippen MR) is 96.9 cm³/mol. The van der Waals surface area contributed by atoms with Crippen LogP contribution in [-0.2, 0) is 9.53 Å². The second-order valence-corrected chi connectivity index (χ2v) is 5.64. The number of nitrogens with zero attached hydrogens (tertiary/aromatic N) is 1. The first kappa shape index (κ1) is 19.5. The van der Waals surface area contributed by atoms with Crippen LogP contribution in [0.3, 0.4) is 0 Å². The van der Waals surface area contributed by atoms with Crippen LogP contribution in [0.15, 0.2) is 36.5 Å². The lowest BCUT2D eigenvalue weighted by atomic mass is 10.2. The van der Waals surface area contributed by atoms with Gasteiger partial charge in [0.15, 0.2) is 18.1 Å². The first-order valence-electron chi connectivity index (χ1n) is 7.93. The number of ether oxygens (including phenoxy) is 3. The van der Waals surface area contributed by atoms with Crippen LogP contribution in [0.5, 0.6) is 11.5 Å². The van der Waals surface area contributed by atoms with Gasteiger partial charge in [-0.25, -0.2) is 9.78 Å². The Balaban J connectivity index is 1.92. The Morgan fingerprint density at radius 3 is 2.65 bits per heavy atom. The lowest BCUT2D eigenvalue weighted by Crippen LogP contribution is -2.21. The topological polar surface area (TPSA) is 86.8 Å². The highest BCUT2D eigenvalue weighted by Crippen LogP contribution is 2.28. The third-order valence-corrected chi connectivity index (χ3v) is 3.41. The van der Waals surface area contributed by atoms with E-state index in [1.54, 1.807) is 24.3 Å². The summed E-state index contributed by atoms with van der Waals surface area (Å²) in [5, 5.41) is 2.95. The molecular weight excluding hydrogens is 360 g/mol. The summed E-state index contributed by atoms with van der Waals surface area (Å²) in [6.07, 6.45) is 2.25. The molecule has 2 aromatic rings. The van der Waals surface area contributed by atoms with Gasteiger partial charge in [-0.3, -0.25) is 4.79 Å². The first-order valence-corrected chi connectivity index (χ1v) is 8.30. The molecule has 138 valence electrons. The van der Waals surface area contributed by atoms with E-state index in [1.165, 1.54) is 19.4 Å². The smallest absolute Gasteiger partial charge is 0.338 e. The SMILES string of the molecule is CCCOc1ccc(C(=O)OCC(=O)Nc2ccc(Cl)cn2)cc1OC. The number of hydrogen-bond acceptors (Lipinski definition) is 6. The molecule has 0 aliphatic rings. The van der Waals surface area contributed by atoms with Gasteiger partial charge < -0.3 is 19.5 Å². The van der Waals surface area contributed by atoms with E-state index in [-0.39, 0.29) is 5.56 Å². The largest absolute Gasteiger partial charge is 0.493 e. The molecule has 2 rings (SSSR count). The van der Waals surface area contributed by atoms with Gasteiger partial charge in [0.1, 0.15) is 5.82 Å². The predicted octanol–water partition coefficient (Wildman–Crippen LogP) is 3.33. The van der Waals surface area contributed by atoms with E-state index in [0.717, 1.165) is 6.42 Å². The number of benzene rings is 1. The highest BCUT2D eigenvalue weighted by molar-refractivity contribution is 6.30. The number of amides is 1. The number of methoxy groups -OCH3 is 1. The second-order valence-electron chi connectivity index (χ2n) is 5.20. The van der Waals surface area contributed by atoms with Crippen molar-refractivity contribution in [2.45, 2.75) is 13.3 Å². The van der Waals surface area contributed by atoms with Crippen LogP contribution >= 0.6 is 11.6 Å². The average molecular weight is 379 g/mol. The zero-order chi connectivity index (χ0) is 18.9. The zero-order valence-corrected chi connectivity index (χ0v) is 15.2. The summed E-state index contributed by atoms with van der Waals surface area (Å²) in [6, 6.07) is 7.82. The molecular formula is C18H19ClN2O5. The van der Waals surface area contributed by atoms with Crippen molar-refractivity contribution >= 4 is 29.3 Å². The van der Waals surface area contributed by atoms with Crippen LogP contribution in [-0.4, -0.2) is 37.2 Å². The number of rotatable bonds is 8. The third-order valence-electron chi connectivity index (χ3n) is 3.19. The molecule has 8 heteroatoms. The number of esters is 1. The minimum absolute atomic E-state index is 0.253. The summed E-state index contributed by atoms with van der Waals surface area (Å²) in [4.78, 5) is 27.9. The minimum atomic E-state index is -0.649. The van der Waals surface area contributed by atoms with Crippen molar-refractivity contribution in [3.8, 4) is 11.5 Å². The van der Waals surface area contributed by atoms with E-state index in [2.05, 4.69) is 10.3 Å². The fraction of sp³-hybridized carbons (Fsp3) is 0.278. The molecule has 26 heavy (non-hydrogen) atoms. The van der Waals surface area contributed by atoms with Crippen molar-refractivity contribution in [1.82, 2.24) is 4.98 Å². The van der Waals surface area contributed by atoms with E-state index in [9.17, 15) is 9.59 Å². The van der Waals surface area contributed by atoms with Gasteiger partial charge in [0, 0.05) is 6.20 Å². The Hall–Kier alpha value is -2.80. The van der Waals surface area contributed by atoms with Crippen LogP contribution < -0.4 is 14.8 Å². The molecule has 1 N–H and O–H groups in total. The van der Waals surface area contributed by atoms with E-state index >= 15 is 0 Å². The standard InChI is InChI=1S/C18H19ClN2O5/c1-3-8-25-14-6-4-12(9-15(14)24-2)18(23)26-11-17(22)21-16-7-5-13(19)10-20-16/h4-7,9-10H,3,8,11H2,1-2H3,(H,20,21,22). The van der Waals surface area contributed by atoms with Crippen molar-refractivity contribution in [3.05, 3.63) is 47.1 Å². The van der Waals surface area contributed by atoms with E-state index in [4.69, 9.17) is 25.8 Å². The molecule has 0 aliphatic carbocycles. The van der Waals surface area contributed by atoms with Crippen LogP contribution in [0, 0.1) is 0 Å². The van der Waals surface area contributed by atoms with Gasteiger partial charge in [-0.15, -0.1) is 0 Å². The molecule has 1 amide bonds. The normalized spacial score (nSPS) is 10.1. The summed E-state index contributed by atoms with van der Waals surface area (Å²) >= 11 is 5.72. The Bertz CT molecular complexity index is 765. The fourth-order valence-corrected chi connectivity index (χ4v) is 2.08. The number of halogens is 1. The number of carbonyl (C=O) groups excluding carboxylic acids is 2. The third kappa shape index (κ3) is 5.63. The molecule has 7 nitrogen and oxygen atoms in total. The maximum absolute atomic E-state index is 12.1. The molecule has 0 aliphatic heterocycles. The van der Waals surface area contributed by atoms with Gasteiger partial charge in [-0.1, -0.05) is 18.5 Å². The number of carbonyl (C=O) groups is 2. The van der Waals surface area contributed by atoms with Gasteiger partial charge in [0.2, 0.25) is 0 Å². The Labute approximate surface area is 156 Å². The Kier molecular flexibility index (Phi) is 7.23. The Morgan fingerprint density at radius 2 is 2.00 bits per heavy atom. The van der Waals surface area contributed by atoms with Crippen molar-refractivity contribution in [1.29, 1.82) is 0 Å². The highest BCUT2D eigenvalue weighted by Gasteiger charge is 2.14.